The van der Waals surface area contributed by atoms with Gasteiger partial charge in [0.25, 0.3) is 5.91 Å². The fourth-order valence-electron chi connectivity index (χ4n) is 5.61. The second-order valence-corrected chi connectivity index (χ2v) is 8.01. The van der Waals surface area contributed by atoms with Crippen LogP contribution in [-0.4, -0.2) is 53.1 Å². The molecule has 1 aromatic rings. The van der Waals surface area contributed by atoms with E-state index in [9.17, 15) is 14.7 Å². The monoisotopic (exact) mass is 345 g/mol. The number of ketones is 1. The van der Waals surface area contributed by atoms with Crippen molar-refractivity contribution in [1.82, 2.24) is 4.90 Å². The summed E-state index contributed by atoms with van der Waals surface area (Å²) in [6, 6.07) is 0. The van der Waals surface area contributed by atoms with Crippen LogP contribution in [0.1, 0.15) is 57.9 Å². The molecule has 4 atom stereocenters. The van der Waals surface area contributed by atoms with Gasteiger partial charge < -0.3 is 19.2 Å². The highest BCUT2D eigenvalue weighted by atomic mass is 16.5. The molecule has 0 radical (unpaired) electrons. The molecule has 3 fully saturated rings. The molecule has 25 heavy (non-hydrogen) atoms. The SMILES string of the molecule is Cc1oc2c(c1C(=O)N1C[C@H]3[C@@H](CO)[C@@H]4CC[C@@]3(C1)O4)C(=O)CCC2. The van der Waals surface area contributed by atoms with Gasteiger partial charge in [0.2, 0.25) is 0 Å². The van der Waals surface area contributed by atoms with Gasteiger partial charge in [-0.2, -0.15) is 0 Å². The molecule has 1 spiro atoms. The number of fused-ring (bicyclic) bond motifs is 2. The van der Waals surface area contributed by atoms with E-state index in [2.05, 4.69) is 0 Å². The standard InChI is InChI=1S/C19H23NO5/c1-10-16(17-13(22)3-2-4-15(17)24-10)18(23)20-7-12-11(8-21)14-5-6-19(12,9-20)25-14/h11-12,14,21H,2-9H2,1H3/t11-,12+,14+,19+/m1/s1. The normalized spacial score (nSPS) is 36.0. The van der Waals surface area contributed by atoms with E-state index in [0.717, 1.165) is 25.7 Å². The molecule has 0 saturated carbocycles. The zero-order chi connectivity index (χ0) is 17.3. The minimum absolute atomic E-state index is 0.0180. The maximum atomic E-state index is 13.2. The number of nitrogens with zero attached hydrogens (tertiary/aromatic N) is 1. The Labute approximate surface area is 146 Å². The van der Waals surface area contributed by atoms with E-state index in [4.69, 9.17) is 9.15 Å². The van der Waals surface area contributed by atoms with Gasteiger partial charge in [0, 0.05) is 37.8 Å². The van der Waals surface area contributed by atoms with Crippen LogP contribution in [0, 0.1) is 18.8 Å². The third-order valence-electron chi connectivity index (χ3n) is 6.74. The van der Waals surface area contributed by atoms with Crippen molar-refractivity contribution in [3.63, 3.8) is 0 Å². The number of hydrogen-bond donors (Lipinski definition) is 1. The van der Waals surface area contributed by atoms with E-state index < -0.39 is 0 Å². The van der Waals surface area contributed by atoms with Crippen molar-refractivity contribution >= 4 is 11.7 Å². The van der Waals surface area contributed by atoms with Gasteiger partial charge in [-0.3, -0.25) is 9.59 Å². The van der Waals surface area contributed by atoms with Gasteiger partial charge in [0.1, 0.15) is 11.5 Å². The predicted molar refractivity (Wildman–Crippen MR) is 87.5 cm³/mol. The van der Waals surface area contributed by atoms with Crippen molar-refractivity contribution in [3.05, 3.63) is 22.6 Å². The van der Waals surface area contributed by atoms with Crippen molar-refractivity contribution in [2.24, 2.45) is 11.8 Å². The Morgan fingerprint density at radius 2 is 2.24 bits per heavy atom. The Bertz CT molecular complexity index is 768. The fraction of sp³-hybridized carbons (Fsp3) is 0.684. The first-order valence-corrected chi connectivity index (χ1v) is 9.27. The highest BCUT2D eigenvalue weighted by molar-refractivity contribution is 6.10. The minimum Gasteiger partial charge on any atom is -0.465 e. The first-order chi connectivity index (χ1) is 12.0. The van der Waals surface area contributed by atoms with Crippen LogP contribution < -0.4 is 0 Å². The number of aliphatic hydroxyl groups is 1. The molecule has 3 saturated heterocycles. The van der Waals surface area contributed by atoms with Crippen LogP contribution in [0.25, 0.3) is 0 Å². The molecule has 5 rings (SSSR count). The van der Waals surface area contributed by atoms with E-state index in [1.54, 1.807) is 6.92 Å². The number of likely N-dealkylation sites (tertiary alicyclic amines) is 1. The lowest BCUT2D eigenvalue weighted by Gasteiger charge is -2.27. The second kappa shape index (κ2) is 5.17. The highest BCUT2D eigenvalue weighted by Gasteiger charge is 2.63. The molecule has 134 valence electrons. The van der Waals surface area contributed by atoms with Gasteiger partial charge in [-0.15, -0.1) is 0 Å². The molecule has 0 aromatic carbocycles. The summed E-state index contributed by atoms with van der Waals surface area (Å²) in [4.78, 5) is 27.4. The Morgan fingerprint density at radius 3 is 3.04 bits per heavy atom. The number of carbonyl (C=O) groups is 2. The van der Waals surface area contributed by atoms with E-state index in [1.807, 2.05) is 4.90 Å². The van der Waals surface area contributed by atoms with Crippen LogP contribution in [0.3, 0.4) is 0 Å². The number of hydrogen-bond acceptors (Lipinski definition) is 5. The van der Waals surface area contributed by atoms with Gasteiger partial charge in [-0.25, -0.2) is 0 Å². The zero-order valence-electron chi connectivity index (χ0n) is 14.4. The largest absolute Gasteiger partial charge is 0.465 e. The molecule has 4 heterocycles. The summed E-state index contributed by atoms with van der Waals surface area (Å²) in [5.41, 5.74) is 0.661. The van der Waals surface area contributed by atoms with E-state index in [-0.39, 0.29) is 41.8 Å². The van der Waals surface area contributed by atoms with Crippen LogP contribution in [0.4, 0.5) is 0 Å². The van der Waals surface area contributed by atoms with Gasteiger partial charge in [-0.1, -0.05) is 0 Å². The van der Waals surface area contributed by atoms with Crippen molar-refractivity contribution in [3.8, 4) is 0 Å². The van der Waals surface area contributed by atoms with Crippen molar-refractivity contribution in [1.29, 1.82) is 0 Å². The Kier molecular flexibility index (Phi) is 3.23. The zero-order valence-corrected chi connectivity index (χ0v) is 14.4. The number of aryl methyl sites for hydroxylation is 2. The summed E-state index contributed by atoms with van der Waals surface area (Å²) >= 11 is 0. The van der Waals surface area contributed by atoms with Gasteiger partial charge >= 0.3 is 0 Å². The minimum atomic E-state index is -0.296. The lowest BCUT2D eigenvalue weighted by molar-refractivity contribution is 0.00151. The predicted octanol–water partition coefficient (Wildman–Crippen LogP) is 1.72. The Balaban J connectivity index is 1.47. The van der Waals surface area contributed by atoms with Crippen LogP contribution >= 0.6 is 0 Å². The summed E-state index contributed by atoms with van der Waals surface area (Å²) in [5, 5.41) is 9.73. The average Bonchev–Trinajstić information content (AvgIpc) is 3.30. The number of amides is 1. The maximum Gasteiger partial charge on any atom is 0.258 e. The molecule has 1 N–H and O–H groups in total. The number of rotatable bonds is 2. The Morgan fingerprint density at radius 1 is 1.40 bits per heavy atom. The summed E-state index contributed by atoms with van der Waals surface area (Å²) in [7, 11) is 0. The summed E-state index contributed by atoms with van der Waals surface area (Å²) in [6.07, 6.45) is 4.04. The lowest BCUT2D eigenvalue weighted by Crippen LogP contribution is -2.38. The Hall–Kier alpha value is -1.66. The molecular formula is C19H23NO5. The van der Waals surface area contributed by atoms with Crippen molar-refractivity contribution in [2.45, 2.75) is 50.7 Å². The molecule has 1 aromatic heterocycles. The summed E-state index contributed by atoms with van der Waals surface area (Å²) in [6.45, 7) is 3.02. The smallest absolute Gasteiger partial charge is 0.258 e. The second-order valence-electron chi connectivity index (χ2n) is 8.01. The van der Waals surface area contributed by atoms with E-state index >= 15 is 0 Å². The van der Waals surface area contributed by atoms with Gasteiger partial charge in [0.05, 0.1) is 29.4 Å². The lowest BCUT2D eigenvalue weighted by atomic mass is 9.74. The summed E-state index contributed by atoms with van der Waals surface area (Å²) < 4.78 is 11.9. The number of Topliss-reactive ketones (excluding diaryl/α,β-unsaturated/α-hetero) is 1. The molecule has 2 bridgehead atoms. The molecule has 0 unspecified atom stereocenters. The van der Waals surface area contributed by atoms with Crippen LogP contribution in [0.2, 0.25) is 0 Å². The van der Waals surface area contributed by atoms with Crippen LogP contribution in [0.5, 0.6) is 0 Å². The van der Waals surface area contributed by atoms with Gasteiger partial charge in [-0.05, 0) is 26.2 Å². The quantitative estimate of drug-likeness (QED) is 0.883. The highest BCUT2D eigenvalue weighted by Crippen LogP contribution is 2.54. The molecular weight excluding hydrogens is 322 g/mol. The van der Waals surface area contributed by atoms with Crippen LogP contribution in [0.15, 0.2) is 4.42 Å². The number of ether oxygens (including phenoxy) is 1. The fourth-order valence-corrected chi connectivity index (χ4v) is 5.61. The van der Waals surface area contributed by atoms with Crippen LogP contribution in [-0.2, 0) is 11.2 Å². The van der Waals surface area contributed by atoms with E-state index in [1.165, 1.54) is 0 Å². The van der Waals surface area contributed by atoms with Crippen molar-refractivity contribution < 1.29 is 23.8 Å². The molecule has 4 aliphatic rings. The van der Waals surface area contributed by atoms with E-state index in [0.29, 0.717) is 42.2 Å². The molecule has 6 nitrogen and oxygen atoms in total. The first-order valence-electron chi connectivity index (χ1n) is 9.27. The third-order valence-corrected chi connectivity index (χ3v) is 6.74. The maximum absolute atomic E-state index is 13.2. The summed E-state index contributed by atoms with van der Waals surface area (Å²) in [5.74, 6) is 1.42. The number of furan rings is 1. The first kappa shape index (κ1) is 15.6. The molecule has 1 aliphatic carbocycles. The topological polar surface area (TPSA) is 80.0 Å². The average molecular weight is 345 g/mol. The molecule has 6 heteroatoms. The number of carbonyl (C=O) groups excluding carboxylic acids is 2. The number of aliphatic hydroxyl groups excluding tert-OH is 1. The molecule has 3 aliphatic heterocycles. The van der Waals surface area contributed by atoms with Gasteiger partial charge in [0.15, 0.2) is 5.78 Å². The van der Waals surface area contributed by atoms with Crippen molar-refractivity contribution in [2.75, 3.05) is 19.7 Å². The molecule has 1 amide bonds. The third kappa shape index (κ3) is 1.98.